The second kappa shape index (κ2) is 5.07. The molecule has 1 atom stereocenters. The summed E-state index contributed by atoms with van der Waals surface area (Å²) in [6.45, 7) is 3.91. The van der Waals surface area contributed by atoms with Crippen molar-refractivity contribution in [3.05, 3.63) is 72.1 Å². The van der Waals surface area contributed by atoms with E-state index < -0.39 is 11.5 Å². The first kappa shape index (κ1) is 14.5. The van der Waals surface area contributed by atoms with E-state index in [1.54, 1.807) is 37.4 Å². The summed E-state index contributed by atoms with van der Waals surface area (Å²) in [6.07, 6.45) is 0.0244. The molecule has 1 N–H and O–H groups in total. The predicted molar refractivity (Wildman–Crippen MR) is 83.8 cm³/mol. The molecule has 1 heterocycles. The second-order valence-electron chi connectivity index (χ2n) is 5.53. The van der Waals surface area contributed by atoms with Crippen molar-refractivity contribution in [1.82, 2.24) is 0 Å². The summed E-state index contributed by atoms with van der Waals surface area (Å²) in [5.41, 5.74) is 0.671. The number of anilines is 1. The topological polar surface area (TPSA) is 40.5 Å². The molecule has 2 aromatic carbocycles. The second-order valence-corrected chi connectivity index (χ2v) is 5.53. The first-order chi connectivity index (χ1) is 10.4. The number of para-hydroxylation sites is 1. The average Bonchev–Trinajstić information content (AvgIpc) is 2.70. The average molecular weight is 297 g/mol. The largest absolute Gasteiger partial charge is 0.375 e. The minimum absolute atomic E-state index is 0.0244. The maximum Gasteiger partial charge on any atom is 0.263 e. The Balaban J connectivity index is 1.98. The molecular formula is C18H16FNO2. The summed E-state index contributed by atoms with van der Waals surface area (Å²) in [5, 5.41) is 10.9. The zero-order chi connectivity index (χ0) is 15.9. The van der Waals surface area contributed by atoms with E-state index in [-0.39, 0.29) is 12.2 Å². The van der Waals surface area contributed by atoms with Gasteiger partial charge in [0.1, 0.15) is 5.82 Å². The Morgan fingerprint density at radius 2 is 2.00 bits per heavy atom. The van der Waals surface area contributed by atoms with Crippen molar-refractivity contribution >= 4 is 17.2 Å². The van der Waals surface area contributed by atoms with Gasteiger partial charge in [-0.05, 0) is 29.3 Å². The lowest BCUT2D eigenvalue weighted by Gasteiger charge is -2.23. The normalized spacial score (nSPS) is 20.1. The monoisotopic (exact) mass is 297 g/mol. The van der Waals surface area contributed by atoms with E-state index in [9.17, 15) is 14.3 Å². The zero-order valence-corrected chi connectivity index (χ0v) is 12.2. The van der Waals surface area contributed by atoms with Crippen LogP contribution in [0.25, 0.3) is 5.57 Å². The number of nitrogens with zero attached hydrogens (tertiary/aromatic N) is 1. The molecule has 22 heavy (non-hydrogen) atoms. The van der Waals surface area contributed by atoms with Crippen LogP contribution in [-0.4, -0.2) is 18.1 Å². The quantitative estimate of drug-likeness (QED) is 0.945. The Kier molecular flexibility index (Phi) is 3.34. The van der Waals surface area contributed by atoms with Gasteiger partial charge in [0, 0.05) is 19.0 Å². The van der Waals surface area contributed by atoms with E-state index in [1.165, 1.54) is 17.0 Å². The van der Waals surface area contributed by atoms with Crippen LogP contribution in [0.1, 0.15) is 17.5 Å². The van der Waals surface area contributed by atoms with Crippen molar-refractivity contribution in [3.63, 3.8) is 0 Å². The highest BCUT2D eigenvalue weighted by Gasteiger charge is 2.48. The fraction of sp³-hybridized carbons (Fsp3) is 0.167. The third kappa shape index (κ3) is 2.12. The summed E-state index contributed by atoms with van der Waals surface area (Å²) < 4.78 is 13.3. The lowest BCUT2D eigenvalue weighted by Crippen LogP contribution is -2.38. The maximum atomic E-state index is 13.3. The first-order valence-corrected chi connectivity index (χ1v) is 6.97. The molecule has 2 aromatic rings. The molecule has 0 saturated carbocycles. The molecule has 0 fully saturated rings. The third-order valence-corrected chi connectivity index (χ3v) is 4.07. The minimum Gasteiger partial charge on any atom is -0.375 e. The van der Waals surface area contributed by atoms with Crippen molar-refractivity contribution in [1.29, 1.82) is 0 Å². The van der Waals surface area contributed by atoms with Crippen LogP contribution in [0.2, 0.25) is 0 Å². The van der Waals surface area contributed by atoms with E-state index >= 15 is 0 Å². The summed E-state index contributed by atoms with van der Waals surface area (Å²) >= 11 is 0. The van der Waals surface area contributed by atoms with Gasteiger partial charge in [-0.2, -0.15) is 0 Å². The van der Waals surface area contributed by atoms with Crippen LogP contribution in [0, 0.1) is 5.82 Å². The summed E-state index contributed by atoms with van der Waals surface area (Å²) in [4.78, 5) is 13.9. The summed E-state index contributed by atoms with van der Waals surface area (Å²) in [5.74, 6) is -0.771. The SMILES string of the molecule is C=C(CC1(O)C(=O)N(C)c2ccccc21)c1cccc(F)c1. The molecule has 1 aliphatic rings. The molecule has 112 valence electrons. The van der Waals surface area contributed by atoms with Gasteiger partial charge in [0.2, 0.25) is 0 Å². The van der Waals surface area contributed by atoms with Crippen molar-refractivity contribution in [2.75, 3.05) is 11.9 Å². The molecule has 4 heteroatoms. The molecule has 0 aliphatic carbocycles. The van der Waals surface area contributed by atoms with Crippen LogP contribution >= 0.6 is 0 Å². The van der Waals surface area contributed by atoms with Crippen molar-refractivity contribution in [3.8, 4) is 0 Å². The van der Waals surface area contributed by atoms with Gasteiger partial charge in [-0.3, -0.25) is 4.79 Å². The van der Waals surface area contributed by atoms with E-state index in [2.05, 4.69) is 6.58 Å². The van der Waals surface area contributed by atoms with Crippen molar-refractivity contribution < 1.29 is 14.3 Å². The number of benzene rings is 2. The fourth-order valence-electron chi connectivity index (χ4n) is 2.91. The van der Waals surface area contributed by atoms with Gasteiger partial charge in [-0.25, -0.2) is 4.39 Å². The number of carbonyl (C=O) groups is 1. The van der Waals surface area contributed by atoms with Gasteiger partial charge in [0.05, 0.1) is 5.69 Å². The highest BCUT2D eigenvalue weighted by Crippen LogP contribution is 2.43. The molecule has 3 nitrogen and oxygen atoms in total. The minimum atomic E-state index is -1.66. The molecule has 0 aromatic heterocycles. The molecular weight excluding hydrogens is 281 g/mol. The summed E-state index contributed by atoms with van der Waals surface area (Å²) in [7, 11) is 1.63. The first-order valence-electron chi connectivity index (χ1n) is 6.97. The number of fused-ring (bicyclic) bond motifs is 1. The fourth-order valence-corrected chi connectivity index (χ4v) is 2.91. The van der Waals surface area contributed by atoms with Gasteiger partial charge < -0.3 is 10.0 Å². The smallest absolute Gasteiger partial charge is 0.263 e. The van der Waals surface area contributed by atoms with E-state index in [0.717, 1.165) is 0 Å². The molecule has 1 unspecified atom stereocenters. The van der Waals surface area contributed by atoms with Crippen LogP contribution < -0.4 is 4.90 Å². The third-order valence-electron chi connectivity index (χ3n) is 4.07. The Labute approximate surface area is 128 Å². The van der Waals surface area contributed by atoms with Gasteiger partial charge in [-0.1, -0.05) is 36.9 Å². The molecule has 0 bridgehead atoms. The number of amides is 1. The van der Waals surface area contributed by atoms with Gasteiger partial charge in [0.15, 0.2) is 5.60 Å². The number of likely N-dealkylation sites (N-methyl/N-ethyl adjacent to an activating group) is 1. The Bertz CT molecular complexity index is 771. The van der Waals surface area contributed by atoms with Crippen molar-refractivity contribution in [2.45, 2.75) is 12.0 Å². The lowest BCUT2D eigenvalue weighted by atomic mass is 9.86. The van der Waals surface area contributed by atoms with Crippen molar-refractivity contribution in [2.24, 2.45) is 0 Å². The van der Waals surface area contributed by atoms with Crippen LogP contribution in [0.3, 0.4) is 0 Å². The van der Waals surface area contributed by atoms with Crippen LogP contribution in [0.15, 0.2) is 55.1 Å². The molecule has 0 spiro atoms. The van der Waals surface area contributed by atoms with Gasteiger partial charge in [-0.15, -0.1) is 0 Å². The Morgan fingerprint density at radius 3 is 2.73 bits per heavy atom. The van der Waals surface area contributed by atoms with E-state index in [1.807, 2.05) is 6.07 Å². The van der Waals surface area contributed by atoms with E-state index in [4.69, 9.17) is 0 Å². The highest BCUT2D eigenvalue weighted by molar-refractivity contribution is 6.07. The Hall–Kier alpha value is -2.46. The lowest BCUT2D eigenvalue weighted by molar-refractivity contribution is -0.135. The predicted octanol–water partition coefficient (Wildman–Crippen LogP) is 3.09. The Morgan fingerprint density at radius 1 is 1.27 bits per heavy atom. The maximum absolute atomic E-state index is 13.3. The van der Waals surface area contributed by atoms with Crippen LogP contribution in [0.5, 0.6) is 0 Å². The standard InChI is InChI=1S/C18H16FNO2/c1-12(13-6-5-7-14(19)10-13)11-18(22)15-8-3-4-9-16(15)20(2)17(18)21/h3-10,22H,1,11H2,2H3. The number of rotatable bonds is 3. The zero-order valence-electron chi connectivity index (χ0n) is 12.2. The molecule has 1 aliphatic heterocycles. The number of aliphatic hydroxyl groups is 1. The highest BCUT2D eigenvalue weighted by atomic mass is 19.1. The molecule has 0 radical (unpaired) electrons. The number of hydrogen-bond donors (Lipinski definition) is 1. The molecule has 3 rings (SSSR count). The van der Waals surface area contributed by atoms with Crippen LogP contribution in [0.4, 0.5) is 10.1 Å². The summed E-state index contributed by atoms with van der Waals surface area (Å²) in [6, 6.07) is 13.1. The van der Waals surface area contributed by atoms with Crippen LogP contribution in [-0.2, 0) is 10.4 Å². The number of halogens is 1. The molecule has 1 amide bonds. The van der Waals surface area contributed by atoms with Gasteiger partial charge in [0.25, 0.3) is 5.91 Å². The number of carbonyl (C=O) groups excluding carboxylic acids is 1. The van der Waals surface area contributed by atoms with E-state index in [0.29, 0.717) is 22.4 Å². The molecule has 0 saturated heterocycles. The van der Waals surface area contributed by atoms with Gasteiger partial charge >= 0.3 is 0 Å². The number of hydrogen-bond acceptors (Lipinski definition) is 2.